The molecule has 0 N–H and O–H groups in total. The van der Waals surface area contributed by atoms with E-state index in [0.29, 0.717) is 29.9 Å². The van der Waals surface area contributed by atoms with Crippen LogP contribution in [-0.4, -0.2) is 60.1 Å². The lowest BCUT2D eigenvalue weighted by molar-refractivity contribution is 0.150. The van der Waals surface area contributed by atoms with Gasteiger partial charge in [-0.2, -0.15) is 5.10 Å². The molecule has 0 radical (unpaired) electrons. The second kappa shape index (κ2) is 9.63. The minimum Gasteiger partial charge on any atom is -0.493 e. The SMILES string of the molecule is COc1cccc(OC)c1OCCN1CCC(n2nccc2-c2cccnc2)CC1. The number of piperidine rings is 1. The third-order valence-corrected chi connectivity index (χ3v) is 5.57. The third kappa shape index (κ3) is 4.41. The number of para-hydroxylation sites is 1. The fourth-order valence-corrected chi connectivity index (χ4v) is 3.97. The predicted molar refractivity (Wildman–Crippen MR) is 115 cm³/mol. The van der Waals surface area contributed by atoms with Crippen molar-refractivity contribution in [1.29, 1.82) is 0 Å². The first kappa shape index (κ1) is 20.2. The Morgan fingerprint density at radius 1 is 0.967 bits per heavy atom. The number of rotatable bonds is 8. The van der Waals surface area contributed by atoms with Gasteiger partial charge in [0, 0.05) is 43.8 Å². The highest BCUT2D eigenvalue weighted by molar-refractivity contribution is 5.57. The molecule has 3 heterocycles. The standard InChI is InChI=1S/C23H28N4O3/c1-28-21-6-3-7-22(29-2)23(21)30-16-15-26-13-9-19(10-14-26)27-20(8-12-25-27)18-5-4-11-24-17-18/h3-8,11-12,17,19H,9-10,13-16H2,1-2H3. The van der Waals surface area contributed by atoms with Crippen molar-refractivity contribution in [2.75, 3.05) is 40.5 Å². The van der Waals surface area contributed by atoms with Crippen molar-refractivity contribution in [2.45, 2.75) is 18.9 Å². The molecule has 0 bridgehead atoms. The van der Waals surface area contributed by atoms with Crippen LogP contribution >= 0.6 is 0 Å². The lowest BCUT2D eigenvalue weighted by atomic mass is 10.0. The highest BCUT2D eigenvalue weighted by atomic mass is 16.5. The molecule has 1 aliphatic rings. The molecule has 1 saturated heterocycles. The first-order chi connectivity index (χ1) is 14.8. The van der Waals surface area contributed by atoms with E-state index >= 15 is 0 Å². The Labute approximate surface area is 177 Å². The maximum Gasteiger partial charge on any atom is 0.203 e. The van der Waals surface area contributed by atoms with Crippen molar-refractivity contribution in [3.63, 3.8) is 0 Å². The van der Waals surface area contributed by atoms with Crippen LogP contribution in [-0.2, 0) is 0 Å². The van der Waals surface area contributed by atoms with Gasteiger partial charge in [-0.15, -0.1) is 0 Å². The summed E-state index contributed by atoms with van der Waals surface area (Å²) in [6, 6.07) is 12.2. The summed E-state index contributed by atoms with van der Waals surface area (Å²) >= 11 is 0. The van der Waals surface area contributed by atoms with Gasteiger partial charge in [0.05, 0.1) is 26.0 Å². The van der Waals surface area contributed by atoms with Gasteiger partial charge in [0.15, 0.2) is 11.5 Å². The topological polar surface area (TPSA) is 61.6 Å². The molecule has 158 valence electrons. The Bertz CT molecular complexity index is 914. The van der Waals surface area contributed by atoms with Gasteiger partial charge in [0.1, 0.15) is 6.61 Å². The summed E-state index contributed by atoms with van der Waals surface area (Å²) in [5.74, 6) is 2.04. The number of benzene rings is 1. The number of hydrogen-bond acceptors (Lipinski definition) is 6. The molecule has 1 aromatic carbocycles. The van der Waals surface area contributed by atoms with Crippen LogP contribution in [0.3, 0.4) is 0 Å². The van der Waals surface area contributed by atoms with Crippen molar-refractivity contribution in [3.8, 4) is 28.5 Å². The molecule has 7 nitrogen and oxygen atoms in total. The van der Waals surface area contributed by atoms with Crippen LogP contribution in [0, 0.1) is 0 Å². The van der Waals surface area contributed by atoms with Crippen molar-refractivity contribution in [1.82, 2.24) is 19.7 Å². The van der Waals surface area contributed by atoms with E-state index in [9.17, 15) is 0 Å². The molecule has 0 aliphatic carbocycles. The van der Waals surface area contributed by atoms with Crippen LogP contribution in [0.2, 0.25) is 0 Å². The smallest absolute Gasteiger partial charge is 0.203 e. The summed E-state index contributed by atoms with van der Waals surface area (Å²) < 4.78 is 19.0. The molecule has 7 heteroatoms. The molecule has 2 aromatic heterocycles. The van der Waals surface area contributed by atoms with Gasteiger partial charge in [-0.25, -0.2) is 0 Å². The number of likely N-dealkylation sites (tertiary alicyclic amines) is 1. The molecular formula is C23H28N4O3. The lowest BCUT2D eigenvalue weighted by Crippen LogP contribution is -2.37. The molecule has 0 spiro atoms. The van der Waals surface area contributed by atoms with Gasteiger partial charge in [0.25, 0.3) is 0 Å². The molecule has 1 fully saturated rings. The zero-order valence-corrected chi connectivity index (χ0v) is 17.5. The maximum atomic E-state index is 6.01. The number of ether oxygens (including phenoxy) is 3. The van der Waals surface area contributed by atoms with E-state index in [4.69, 9.17) is 14.2 Å². The number of aromatic nitrogens is 3. The number of pyridine rings is 1. The highest BCUT2D eigenvalue weighted by Gasteiger charge is 2.23. The van der Waals surface area contributed by atoms with E-state index in [2.05, 4.69) is 31.8 Å². The Morgan fingerprint density at radius 2 is 1.73 bits per heavy atom. The van der Waals surface area contributed by atoms with Gasteiger partial charge >= 0.3 is 0 Å². The van der Waals surface area contributed by atoms with Gasteiger partial charge in [-0.3, -0.25) is 14.6 Å². The van der Waals surface area contributed by atoms with Gasteiger partial charge in [0.2, 0.25) is 5.75 Å². The average Bonchev–Trinajstić information content (AvgIpc) is 3.30. The highest BCUT2D eigenvalue weighted by Crippen LogP contribution is 2.36. The summed E-state index contributed by atoms with van der Waals surface area (Å²) in [5.41, 5.74) is 2.24. The molecule has 3 aromatic rings. The largest absolute Gasteiger partial charge is 0.493 e. The molecule has 0 unspecified atom stereocenters. The van der Waals surface area contributed by atoms with Gasteiger partial charge in [-0.05, 0) is 43.2 Å². The maximum absolute atomic E-state index is 6.01. The normalized spacial score (nSPS) is 15.1. The quantitative estimate of drug-likeness (QED) is 0.567. The molecule has 1 aliphatic heterocycles. The van der Waals surface area contributed by atoms with E-state index in [1.54, 1.807) is 20.4 Å². The van der Waals surface area contributed by atoms with Gasteiger partial charge < -0.3 is 14.2 Å². The number of hydrogen-bond donors (Lipinski definition) is 0. The molecular weight excluding hydrogens is 380 g/mol. The van der Waals surface area contributed by atoms with E-state index in [0.717, 1.165) is 43.7 Å². The summed E-state index contributed by atoms with van der Waals surface area (Å²) in [6.07, 6.45) is 7.69. The Balaban J connectivity index is 1.31. The molecule has 4 rings (SSSR count). The van der Waals surface area contributed by atoms with Crippen LogP contribution < -0.4 is 14.2 Å². The average molecular weight is 409 g/mol. The van der Waals surface area contributed by atoms with Crippen LogP contribution in [0.5, 0.6) is 17.2 Å². The minimum atomic E-state index is 0.404. The second-order valence-corrected chi connectivity index (χ2v) is 7.32. The summed E-state index contributed by atoms with van der Waals surface area (Å²) in [4.78, 5) is 6.68. The Hall–Kier alpha value is -3.06. The second-order valence-electron chi connectivity index (χ2n) is 7.32. The fraction of sp³-hybridized carbons (Fsp3) is 0.391. The van der Waals surface area contributed by atoms with Crippen LogP contribution in [0.15, 0.2) is 55.0 Å². The minimum absolute atomic E-state index is 0.404. The zero-order valence-electron chi connectivity index (χ0n) is 17.5. The van der Waals surface area contributed by atoms with Crippen molar-refractivity contribution in [3.05, 3.63) is 55.0 Å². The molecule has 30 heavy (non-hydrogen) atoms. The molecule has 0 amide bonds. The van der Waals surface area contributed by atoms with Crippen molar-refractivity contribution in [2.24, 2.45) is 0 Å². The van der Waals surface area contributed by atoms with E-state index in [1.165, 1.54) is 0 Å². The molecule has 0 atom stereocenters. The van der Waals surface area contributed by atoms with E-state index in [-0.39, 0.29) is 0 Å². The molecule has 0 saturated carbocycles. The zero-order chi connectivity index (χ0) is 20.8. The van der Waals surface area contributed by atoms with Gasteiger partial charge in [-0.1, -0.05) is 6.07 Å². The summed E-state index contributed by atoms with van der Waals surface area (Å²) in [6.45, 7) is 3.49. The first-order valence-electron chi connectivity index (χ1n) is 10.3. The summed E-state index contributed by atoms with van der Waals surface area (Å²) in [5, 5.41) is 4.60. The Morgan fingerprint density at radius 3 is 2.40 bits per heavy atom. The number of methoxy groups -OCH3 is 2. The van der Waals surface area contributed by atoms with Crippen molar-refractivity contribution < 1.29 is 14.2 Å². The monoisotopic (exact) mass is 408 g/mol. The van der Waals surface area contributed by atoms with Crippen molar-refractivity contribution >= 4 is 0 Å². The fourth-order valence-electron chi connectivity index (χ4n) is 3.97. The van der Waals surface area contributed by atoms with Crippen LogP contribution in [0.1, 0.15) is 18.9 Å². The van der Waals surface area contributed by atoms with E-state index < -0.39 is 0 Å². The van der Waals surface area contributed by atoms with Crippen LogP contribution in [0.4, 0.5) is 0 Å². The first-order valence-corrected chi connectivity index (χ1v) is 10.3. The third-order valence-electron chi connectivity index (χ3n) is 5.57. The van der Waals surface area contributed by atoms with Crippen LogP contribution in [0.25, 0.3) is 11.3 Å². The lowest BCUT2D eigenvalue weighted by Gasteiger charge is -2.32. The summed E-state index contributed by atoms with van der Waals surface area (Å²) in [7, 11) is 3.28. The Kier molecular flexibility index (Phi) is 6.49. The van der Waals surface area contributed by atoms with E-state index in [1.807, 2.05) is 36.7 Å². The predicted octanol–water partition coefficient (Wildman–Crippen LogP) is 3.68. The number of nitrogens with zero attached hydrogens (tertiary/aromatic N) is 4.